The first-order valence-electron chi connectivity index (χ1n) is 3.82. The number of benzene rings is 1. The van der Waals surface area contributed by atoms with Gasteiger partial charge in [0.05, 0.1) is 4.92 Å². The van der Waals surface area contributed by atoms with E-state index in [1.807, 2.05) is 0 Å². The third-order valence-corrected chi connectivity index (χ3v) is 5.12. The molecule has 9 heteroatoms. The number of halogens is 2. The van der Waals surface area contributed by atoms with E-state index >= 15 is 0 Å². The average Bonchev–Trinajstić information content (AvgIpc) is 2.10. The highest BCUT2D eigenvalue weighted by Gasteiger charge is 2.28. The molecule has 0 radical (unpaired) electrons. The van der Waals surface area contributed by atoms with Gasteiger partial charge in [0, 0.05) is 15.0 Å². The van der Waals surface area contributed by atoms with Crippen molar-refractivity contribution in [1.29, 1.82) is 0 Å². The van der Waals surface area contributed by atoms with Gasteiger partial charge in [0.25, 0.3) is 5.69 Å². The Hall–Kier alpha value is -0.510. The predicted octanol–water partition coefficient (Wildman–Crippen LogP) is 2.08. The van der Waals surface area contributed by atoms with Crippen molar-refractivity contribution in [2.75, 3.05) is 0 Å². The van der Waals surface area contributed by atoms with Crippen molar-refractivity contribution in [3.05, 3.63) is 30.7 Å². The summed E-state index contributed by atoms with van der Waals surface area (Å²) >= 11 is 6.20. The van der Waals surface area contributed by atoms with Crippen molar-refractivity contribution in [3.63, 3.8) is 0 Å². The summed E-state index contributed by atoms with van der Waals surface area (Å²) in [5.74, 6) is 0. The molecule has 1 rings (SSSR count). The SMILES string of the molecule is Cc1c(Br)c(Br)cc([N+](=O)[O-])c1S(N)(=O)=O. The number of hydrogen-bond donors (Lipinski definition) is 1. The Morgan fingerprint density at radius 3 is 2.31 bits per heavy atom. The zero-order chi connectivity index (χ0) is 12.7. The van der Waals surface area contributed by atoms with Crippen molar-refractivity contribution in [3.8, 4) is 0 Å². The topological polar surface area (TPSA) is 103 Å². The summed E-state index contributed by atoms with van der Waals surface area (Å²) in [6.45, 7) is 1.43. The summed E-state index contributed by atoms with van der Waals surface area (Å²) in [5.41, 5.74) is -0.348. The number of nitro benzene ring substituents is 1. The summed E-state index contributed by atoms with van der Waals surface area (Å²) in [7, 11) is -4.14. The normalized spacial score (nSPS) is 11.5. The standard InChI is InChI=1S/C7H6Br2N2O4S/c1-3-6(9)4(8)2-5(11(12)13)7(3)16(10,14)15/h2H,1H3,(H2,10,14,15). The molecular formula is C7H6Br2N2O4S. The monoisotopic (exact) mass is 372 g/mol. The Bertz CT molecular complexity index is 570. The van der Waals surface area contributed by atoms with Crippen LogP contribution in [0.3, 0.4) is 0 Å². The maximum Gasteiger partial charge on any atom is 0.290 e. The molecule has 88 valence electrons. The number of nitrogens with two attached hydrogens (primary N) is 1. The summed E-state index contributed by atoms with van der Waals surface area (Å²) < 4.78 is 23.4. The summed E-state index contributed by atoms with van der Waals surface area (Å²) in [4.78, 5) is 9.47. The van der Waals surface area contributed by atoms with Gasteiger partial charge in [-0.1, -0.05) is 0 Å². The van der Waals surface area contributed by atoms with Gasteiger partial charge in [0.15, 0.2) is 4.90 Å². The molecule has 0 fully saturated rings. The van der Waals surface area contributed by atoms with Gasteiger partial charge in [0.2, 0.25) is 10.0 Å². The molecule has 0 saturated carbocycles. The number of hydrogen-bond acceptors (Lipinski definition) is 4. The van der Waals surface area contributed by atoms with E-state index < -0.39 is 25.5 Å². The van der Waals surface area contributed by atoms with E-state index in [4.69, 9.17) is 5.14 Å². The van der Waals surface area contributed by atoms with Gasteiger partial charge < -0.3 is 0 Å². The molecule has 1 aromatic rings. The Kier molecular flexibility index (Phi) is 3.72. The number of primary sulfonamides is 1. The quantitative estimate of drug-likeness (QED) is 0.632. The highest BCUT2D eigenvalue weighted by molar-refractivity contribution is 9.13. The van der Waals surface area contributed by atoms with Crippen LogP contribution in [0.25, 0.3) is 0 Å². The molecule has 0 saturated heterocycles. The second-order valence-electron chi connectivity index (χ2n) is 2.95. The highest BCUT2D eigenvalue weighted by Crippen LogP contribution is 2.37. The van der Waals surface area contributed by atoms with Crippen LogP contribution in [0, 0.1) is 17.0 Å². The van der Waals surface area contributed by atoms with E-state index in [0.29, 0.717) is 8.95 Å². The summed E-state index contributed by atoms with van der Waals surface area (Å²) in [6, 6.07) is 1.09. The minimum absolute atomic E-state index is 0.198. The summed E-state index contributed by atoms with van der Waals surface area (Å²) in [5, 5.41) is 15.7. The molecule has 2 N–H and O–H groups in total. The number of sulfonamides is 1. The van der Waals surface area contributed by atoms with Gasteiger partial charge in [-0.2, -0.15) is 0 Å². The van der Waals surface area contributed by atoms with Crippen molar-refractivity contribution in [2.24, 2.45) is 5.14 Å². The van der Waals surface area contributed by atoms with Crippen LogP contribution in [0.2, 0.25) is 0 Å². The van der Waals surface area contributed by atoms with E-state index in [1.165, 1.54) is 6.92 Å². The van der Waals surface area contributed by atoms with Gasteiger partial charge in [-0.05, 0) is 44.3 Å². The smallest absolute Gasteiger partial charge is 0.258 e. The van der Waals surface area contributed by atoms with E-state index in [-0.39, 0.29) is 5.56 Å². The molecule has 0 atom stereocenters. The van der Waals surface area contributed by atoms with Crippen LogP contribution >= 0.6 is 31.9 Å². The molecule has 0 aromatic heterocycles. The van der Waals surface area contributed by atoms with E-state index in [1.54, 1.807) is 0 Å². The van der Waals surface area contributed by atoms with Crippen LogP contribution in [0.5, 0.6) is 0 Å². The summed E-state index contributed by atoms with van der Waals surface area (Å²) in [6.07, 6.45) is 0. The van der Waals surface area contributed by atoms with E-state index in [2.05, 4.69) is 31.9 Å². The molecule has 0 aliphatic heterocycles. The molecule has 0 heterocycles. The second kappa shape index (κ2) is 4.40. The molecule has 16 heavy (non-hydrogen) atoms. The molecule has 0 unspecified atom stereocenters. The van der Waals surface area contributed by atoms with Crippen LogP contribution in [0.15, 0.2) is 19.9 Å². The van der Waals surface area contributed by atoms with Crippen molar-refractivity contribution >= 4 is 47.6 Å². The van der Waals surface area contributed by atoms with Gasteiger partial charge in [-0.25, -0.2) is 13.6 Å². The molecule has 0 aliphatic carbocycles. The van der Waals surface area contributed by atoms with Crippen LogP contribution < -0.4 is 5.14 Å². The maximum absolute atomic E-state index is 11.3. The predicted molar refractivity (Wildman–Crippen MR) is 64.6 cm³/mol. The molecule has 0 bridgehead atoms. The van der Waals surface area contributed by atoms with Crippen molar-refractivity contribution in [1.82, 2.24) is 0 Å². The zero-order valence-corrected chi connectivity index (χ0v) is 11.9. The fraction of sp³-hybridized carbons (Fsp3) is 0.143. The van der Waals surface area contributed by atoms with E-state index in [0.717, 1.165) is 6.07 Å². The Morgan fingerprint density at radius 1 is 1.44 bits per heavy atom. The third kappa shape index (κ3) is 2.42. The lowest BCUT2D eigenvalue weighted by Crippen LogP contribution is -2.16. The first-order chi connectivity index (χ1) is 7.16. The highest BCUT2D eigenvalue weighted by atomic mass is 79.9. The molecule has 0 spiro atoms. The molecule has 0 amide bonds. The molecular weight excluding hydrogens is 368 g/mol. The van der Waals surface area contributed by atoms with Crippen LogP contribution in [0.4, 0.5) is 5.69 Å². The van der Waals surface area contributed by atoms with Gasteiger partial charge in [-0.15, -0.1) is 0 Å². The average molecular weight is 374 g/mol. The number of nitrogens with zero attached hydrogens (tertiary/aromatic N) is 1. The fourth-order valence-corrected chi connectivity index (χ4v) is 3.13. The van der Waals surface area contributed by atoms with E-state index in [9.17, 15) is 18.5 Å². The third-order valence-electron chi connectivity index (χ3n) is 1.86. The number of nitro groups is 1. The fourth-order valence-electron chi connectivity index (χ4n) is 1.21. The molecule has 0 aliphatic rings. The first-order valence-corrected chi connectivity index (χ1v) is 6.95. The Morgan fingerprint density at radius 2 is 1.94 bits per heavy atom. The zero-order valence-electron chi connectivity index (χ0n) is 7.90. The Labute approximate surface area is 108 Å². The van der Waals surface area contributed by atoms with Gasteiger partial charge >= 0.3 is 0 Å². The van der Waals surface area contributed by atoms with Crippen LogP contribution in [0.1, 0.15) is 5.56 Å². The lowest BCUT2D eigenvalue weighted by atomic mass is 10.2. The van der Waals surface area contributed by atoms with Crippen molar-refractivity contribution < 1.29 is 13.3 Å². The lowest BCUT2D eigenvalue weighted by molar-refractivity contribution is -0.388. The van der Waals surface area contributed by atoms with Crippen LogP contribution in [-0.4, -0.2) is 13.3 Å². The van der Waals surface area contributed by atoms with Gasteiger partial charge in [0.1, 0.15) is 0 Å². The van der Waals surface area contributed by atoms with Crippen molar-refractivity contribution in [2.45, 2.75) is 11.8 Å². The first kappa shape index (κ1) is 13.6. The second-order valence-corrected chi connectivity index (χ2v) is 6.09. The number of rotatable bonds is 2. The maximum atomic E-state index is 11.3. The molecule has 1 aromatic carbocycles. The minimum Gasteiger partial charge on any atom is -0.258 e. The Balaban J connectivity index is 3.83. The molecule has 6 nitrogen and oxygen atoms in total. The van der Waals surface area contributed by atoms with Crippen LogP contribution in [-0.2, 0) is 10.0 Å². The largest absolute Gasteiger partial charge is 0.290 e. The minimum atomic E-state index is -4.14. The lowest BCUT2D eigenvalue weighted by Gasteiger charge is -2.08. The van der Waals surface area contributed by atoms with Gasteiger partial charge in [-0.3, -0.25) is 10.1 Å².